The second-order valence-corrected chi connectivity index (χ2v) is 7.17. The maximum Gasteiger partial charge on any atom is 0.311 e. The third-order valence-electron chi connectivity index (χ3n) is 3.52. The number of hydrogen-bond donors (Lipinski definition) is 3. The van der Waals surface area contributed by atoms with Crippen LogP contribution in [-0.4, -0.2) is 33.0 Å². The number of thioether (sulfide) groups is 1. The Labute approximate surface area is 139 Å². The number of amides is 1. The first-order valence-corrected chi connectivity index (χ1v) is 8.90. The fourth-order valence-corrected chi connectivity index (χ4v) is 4.61. The summed E-state index contributed by atoms with van der Waals surface area (Å²) in [6.45, 7) is 2.08. The molecule has 1 aromatic rings. The summed E-state index contributed by atoms with van der Waals surface area (Å²) >= 11 is 2.49. The van der Waals surface area contributed by atoms with Crippen molar-refractivity contribution in [3.05, 3.63) is 14.5 Å². The summed E-state index contributed by atoms with van der Waals surface area (Å²) in [5.41, 5.74) is 0.0530. The van der Waals surface area contributed by atoms with Crippen LogP contribution in [0.2, 0.25) is 0 Å². The quantitative estimate of drug-likeness (QED) is 0.310. The van der Waals surface area contributed by atoms with Crippen molar-refractivity contribution in [2.24, 2.45) is 22.0 Å². The van der Waals surface area contributed by atoms with Gasteiger partial charge in [-0.2, -0.15) is 0 Å². The Morgan fingerprint density at radius 2 is 2.26 bits per heavy atom. The second-order valence-electron chi connectivity index (χ2n) is 5.02. The van der Waals surface area contributed by atoms with E-state index in [2.05, 4.69) is 22.6 Å². The third kappa shape index (κ3) is 2.82. The number of anilines is 1. The van der Waals surface area contributed by atoms with Crippen molar-refractivity contribution in [2.45, 2.75) is 37.7 Å². The highest BCUT2D eigenvalue weighted by atomic mass is 32.2. The van der Waals surface area contributed by atoms with Crippen LogP contribution in [0.5, 0.6) is 0 Å². The van der Waals surface area contributed by atoms with Crippen molar-refractivity contribution >= 4 is 34.8 Å². The molecule has 0 saturated carbocycles. The zero-order chi connectivity index (χ0) is 16.6. The fourth-order valence-electron chi connectivity index (χ4n) is 2.46. The maximum absolute atomic E-state index is 12.3. The number of thiazole rings is 1. The molecule has 3 rings (SSSR count). The topological polar surface area (TPSA) is 140 Å². The lowest BCUT2D eigenvalue weighted by Gasteiger charge is -2.30. The highest BCUT2D eigenvalue weighted by Gasteiger charge is 2.38. The molecular weight excluding hydrogens is 342 g/mol. The molecule has 2 aliphatic rings. The summed E-state index contributed by atoms with van der Waals surface area (Å²) < 4.78 is 7.36. The highest BCUT2D eigenvalue weighted by molar-refractivity contribution is 7.99. The number of carbonyl (C=O) groups excluding carboxylic acids is 1. The summed E-state index contributed by atoms with van der Waals surface area (Å²) in [5, 5.41) is 10.6. The molecule has 2 aliphatic heterocycles. The monoisotopic (exact) mass is 359 g/mol. The number of fused-ring (bicyclic) bond motifs is 1. The third-order valence-corrected chi connectivity index (χ3v) is 5.66. The molecule has 12 heteroatoms. The maximum atomic E-state index is 12.3. The van der Waals surface area contributed by atoms with Gasteiger partial charge in [-0.05, 0) is 6.42 Å². The molecule has 0 aliphatic carbocycles. The van der Waals surface area contributed by atoms with Gasteiger partial charge in [-0.25, -0.2) is 10.9 Å². The number of nitrogens with one attached hydrogen (secondary N) is 1. The molecule has 1 fully saturated rings. The van der Waals surface area contributed by atoms with E-state index in [1.54, 1.807) is 11.8 Å². The van der Waals surface area contributed by atoms with Crippen LogP contribution in [0.15, 0.2) is 15.1 Å². The molecule has 3 unspecified atom stereocenters. The average molecular weight is 359 g/mol. The van der Waals surface area contributed by atoms with Gasteiger partial charge in [0.05, 0.1) is 0 Å². The van der Waals surface area contributed by atoms with Crippen molar-refractivity contribution in [3.8, 4) is 0 Å². The first-order chi connectivity index (χ1) is 11.1. The summed E-state index contributed by atoms with van der Waals surface area (Å²) in [7, 11) is 0. The lowest BCUT2D eigenvalue weighted by atomic mass is 10.3. The number of nitrogens with two attached hydrogens (primary N) is 2. The van der Waals surface area contributed by atoms with Gasteiger partial charge in [0.2, 0.25) is 6.29 Å². The first kappa shape index (κ1) is 16.2. The van der Waals surface area contributed by atoms with Crippen molar-refractivity contribution in [3.63, 3.8) is 0 Å². The van der Waals surface area contributed by atoms with E-state index in [1.165, 1.54) is 4.57 Å². The standard InChI is InChI=1S/C11H17N7O3S2/c1-2-3-6-21-5(4-22-6)17-8-7(23-11(17)20)9(19)18(13)10(14-8)15-16-12/h5-6,10,14H,2-4,13H2,1H3,(H2,12,15). The Morgan fingerprint density at radius 3 is 2.96 bits per heavy atom. The van der Waals surface area contributed by atoms with Gasteiger partial charge in [0.15, 0.2) is 0 Å². The molecule has 0 radical (unpaired) electrons. The lowest BCUT2D eigenvalue weighted by molar-refractivity contribution is 0.0152. The molecular formula is C11H17N7O3S2. The van der Waals surface area contributed by atoms with Crippen LogP contribution < -0.4 is 21.9 Å². The van der Waals surface area contributed by atoms with Gasteiger partial charge < -0.3 is 15.9 Å². The lowest BCUT2D eigenvalue weighted by Crippen LogP contribution is -2.52. The average Bonchev–Trinajstić information content (AvgIpc) is 3.09. The van der Waals surface area contributed by atoms with Crippen molar-refractivity contribution < 1.29 is 9.53 Å². The van der Waals surface area contributed by atoms with Gasteiger partial charge in [0.1, 0.15) is 22.4 Å². The van der Waals surface area contributed by atoms with Gasteiger partial charge in [0, 0.05) is 5.75 Å². The van der Waals surface area contributed by atoms with E-state index in [4.69, 9.17) is 16.4 Å². The van der Waals surface area contributed by atoms with Gasteiger partial charge in [0.25, 0.3) is 5.91 Å². The van der Waals surface area contributed by atoms with E-state index in [1.807, 2.05) is 0 Å². The van der Waals surface area contributed by atoms with E-state index in [0.717, 1.165) is 29.2 Å². The van der Waals surface area contributed by atoms with E-state index in [9.17, 15) is 9.59 Å². The minimum Gasteiger partial charge on any atom is -0.343 e. The first-order valence-electron chi connectivity index (χ1n) is 7.04. The van der Waals surface area contributed by atoms with Crippen LogP contribution in [-0.2, 0) is 4.74 Å². The number of aromatic nitrogens is 1. The van der Waals surface area contributed by atoms with Crippen molar-refractivity contribution in [1.29, 1.82) is 0 Å². The molecule has 10 nitrogen and oxygen atoms in total. The van der Waals surface area contributed by atoms with Crippen molar-refractivity contribution in [1.82, 2.24) is 9.58 Å². The van der Waals surface area contributed by atoms with Gasteiger partial charge in [-0.3, -0.25) is 14.2 Å². The van der Waals surface area contributed by atoms with Gasteiger partial charge in [-0.15, -0.1) is 16.9 Å². The van der Waals surface area contributed by atoms with Crippen molar-refractivity contribution in [2.75, 3.05) is 11.1 Å². The molecule has 1 amide bonds. The molecule has 5 N–H and O–H groups in total. The van der Waals surface area contributed by atoms with Crippen LogP contribution in [0.3, 0.4) is 0 Å². The number of hydrazine groups is 1. The predicted octanol–water partition coefficient (Wildman–Crippen LogP) is 0.649. The summed E-state index contributed by atoms with van der Waals surface area (Å²) in [5.74, 6) is 11.2. The predicted molar refractivity (Wildman–Crippen MR) is 86.7 cm³/mol. The van der Waals surface area contributed by atoms with E-state index < -0.39 is 18.4 Å². The minimum absolute atomic E-state index is 0.0530. The number of nitrogens with zero attached hydrogens (tertiary/aromatic N) is 4. The molecule has 0 spiro atoms. The largest absolute Gasteiger partial charge is 0.343 e. The molecule has 0 aromatic carbocycles. The smallest absolute Gasteiger partial charge is 0.311 e. The second kappa shape index (κ2) is 6.47. The Balaban J connectivity index is 1.94. The Bertz CT molecular complexity index is 688. The molecule has 1 saturated heterocycles. The van der Waals surface area contributed by atoms with Crippen LogP contribution in [0, 0.1) is 0 Å². The zero-order valence-corrected chi connectivity index (χ0v) is 14.0. The SMILES string of the molecule is CCCC1OC(n2c3c(sc2=O)C(=O)N(N)C(N=NN)N3)CS1. The summed E-state index contributed by atoms with van der Waals surface area (Å²) in [6, 6.07) is 0. The van der Waals surface area contributed by atoms with Crippen LogP contribution in [0.25, 0.3) is 0 Å². The Hall–Kier alpha value is -1.63. The Kier molecular flexibility index (Phi) is 4.57. The fraction of sp³-hybridized carbons (Fsp3) is 0.636. The molecule has 126 valence electrons. The number of carbonyl (C=O) groups is 1. The normalized spacial score (nSPS) is 27.5. The molecule has 3 atom stereocenters. The van der Waals surface area contributed by atoms with Crippen LogP contribution in [0.4, 0.5) is 5.82 Å². The van der Waals surface area contributed by atoms with E-state index >= 15 is 0 Å². The number of rotatable bonds is 4. The molecule has 0 bridgehead atoms. The van der Waals surface area contributed by atoms with Crippen LogP contribution >= 0.6 is 23.1 Å². The molecule has 1 aromatic heterocycles. The van der Waals surface area contributed by atoms with Gasteiger partial charge >= 0.3 is 4.87 Å². The molecule has 23 heavy (non-hydrogen) atoms. The summed E-state index contributed by atoms with van der Waals surface area (Å²) in [4.78, 5) is 24.6. The highest BCUT2D eigenvalue weighted by Crippen LogP contribution is 2.37. The number of hydrogen-bond acceptors (Lipinski definition) is 9. The molecule has 3 heterocycles. The number of ether oxygens (including phenoxy) is 1. The van der Waals surface area contributed by atoms with E-state index in [-0.39, 0.29) is 15.2 Å². The van der Waals surface area contributed by atoms with Crippen LogP contribution in [0.1, 0.15) is 35.7 Å². The minimum atomic E-state index is -0.958. The Morgan fingerprint density at radius 1 is 1.48 bits per heavy atom. The van der Waals surface area contributed by atoms with E-state index in [0.29, 0.717) is 11.6 Å². The zero-order valence-electron chi connectivity index (χ0n) is 12.3. The van der Waals surface area contributed by atoms with Gasteiger partial charge in [-0.1, -0.05) is 29.9 Å². The summed E-state index contributed by atoms with van der Waals surface area (Å²) in [6.07, 6.45) is 0.526.